The van der Waals surface area contributed by atoms with E-state index in [9.17, 15) is 4.79 Å². The van der Waals surface area contributed by atoms with Crippen LogP contribution in [-0.2, 0) is 0 Å². The number of fused-ring (bicyclic) bond motifs is 1. The van der Waals surface area contributed by atoms with E-state index in [-0.39, 0.29) is 5.91 Å². The van der Waals surface area contributed by atoms with E-state index in [1.54, 1.807) is 30.1 Å². The Hall–Kier alpha value is -3.39. The van der Waals surface area contributed by atoms with Crippen LogP contribution in [0.15, 0.2) is 59.1 Å². The van der Waals surface area contributed by atoms with Crippen LogP contribution in [0.1, 0.15) is 29.8 Å². The molecule has 4 aromatic rings. The molecule has 0 aliphatic carbocycles. The van der Waals surface area contributed by atoms with Gasteiger partial charge in [-0.25, -0.2) is 0 Å². The molecule has 0 spiro atoms. The molecule has 0 aliphatic heterocycles. The van der Waals surface area contributed by atoms with Crippen molar-refractivity contribution in [1.29, 1.82) is 0 Å². The zero-order valence-electron chi connectivity index (χ0n) is 19.1. The summed E-state index contributed by atoms with van der Waals surface area (Å²) in [6.45, 7) is 8.15. The van der Waals surface area contributed by atoms with Gasteiger partial charge in [0.05, 0.1) is 17.3 Å². The number of methoxy groups -OCH3 is 1. The van der Waals surface area contributed by atoms with Crippen LogP contribution in [-0.4, -0.2) is 41.1 Å². The molecule has 4 rings (SSSR count). The average Bonchev–Trinajstić information content (AvgIpc) is 3.23. The number of anilines is 2. The lowest BCUT2D eigenvalue weighted by Crippen LogP contribution is -2.21. The quantitative estimate of drug-likeness (QED) is 0.352. The Kier molecular flexibility index (Phi) is 6.65. The van der Waals surface area contributed by atoms with Gasteiger partial charge in [0, 0.05) is 30.0 Å². The van der Waals surface area contributed by atoms with Crippen molar-refractivity contribution in [2.75, 3.05) is 30.4 Å². The third kappa shape index (κ3) is 4.71. The Morgan fingerprint density at radius 2 is 1.70 bits per heavy atom. The highest BCUT2D eigenvalue weighted by Gasteiger charge is 2.13. The molecule has 0 bridgehead atoms. The van der Waals surface area contributed by atoms with E-state index in [0.29, 0.717) is 22.5 Å². The summed E-state index contributed by atoms with van der Waals surface area (Å²) in [5.74, 6) is 0.464. The third-order valence-electron chi connectivity index (χ3n) is 5.60. The molecular weight excluding hydrogens is 482 g/mol. The standard InChI is InChI=1S/C25H26BrN5O2/c1-5-30(6-2)18-8-10-19(11-9-18)31-28-22-13-16(3)21(15-23(22)29-31)27-25(32)17-7-12-24(33-4)20(26)14-17/h7-15H,5-6H2,1-4H3,(H,27,32). The van der Waals surface area contributed by atoms with Crippen LogP contribution in [0.25, 0.3) is 16.7 Å². The maximum atomic E-state index is 12.8. The van der Waals surface area contributed by atoms with Crippen molar-refractivity contribution in [2.45, 2.75) is 20.8 Å². The lowest BCUT2D eigenvalue weighted by atomic mass is 10.1. The Labute approximate surface area is 201 Å². The Bertz CT molecular complexity index is 1300. The van der Waals surface area contributed by atoms with Gasteiger partial charge in [-0.05, 0) is 96.9 Å². The maximum absolute atomic E-state index is 12.8. The summed E-state index contributed by atoms with van der Waals surface area (Å²) < 4.78 is 5.96. The smallest absolute Gasteiger partial charge is 0.255 e. The van der Waals surface area contributed by atoms with Gasteiger partial charge in [0.25, 0.3) is 5.91 Å². The van der Waals surface area contributed by atoms with Crippen LogP contribution in [0.5, 0.6) is 5.75 Å². The SMILES string of the molecule is CCN(CC)c1ccc(-n2nc3cc(C)c(NC(=O)c4ccc(OC)c(Br)c4)cc3n2)cc1. The van der Waals surface area contributed by atoms with Gasteiger partial charge in [-0.15, -0.1) is 10.2 Å². The summed E-state index contributed by atoms with van der Waals surface area (Å²) in [5, 5.41) is 12.2. The fourth-order valence-electron chi connectivity index (χ4n) is 3.71. The van der Waals surface area contributed by atoms with Crippen molar-refractivity contribution < 1.29 is 9.53 Å². The first kappa shape index (κ1) is 22.8. The highest BCUT2D eigenvalue weighted by molar-refractivity contribution is 9.10. The second kappa shape index (κ2) is 9.62. The van der Waals surface area contributed by atoms with Gasteiger partial charge in [-0.3, -0.25) is 4.79 Å². The normalized spacial score (nSPS) is 10.9. The molecule has 1 aromatic heterocycles. The van der Waals surface area contributed by atoms with Crippen LogP contribution in [0.3, 0.4) is 0 Å². The van der Waals surface area contributed by atoms with E-state index < -0.39 is 0 Å². The molecule has 1 amide bonds. The number of nitrogens with zero attached hydrogens (tertiary/aromatic N) is 4. The summed E-state index contributed by atoms with van der Waals surface area (Å²) in [4.78, 5) is 16.7. The van der Waals surface area contributed by atoms with Gasteiger partial charge in [0.15, 0.2) is 0 Å². The number of carbonyl (C=O) groups excluding carboxylic acids is 1. The molecule has 3 aromatic carbocycles. The zero-order chi connectivity index (χ0) is 23.5. The largest absolute Gasteiger partial charge is 0.496 e. The lowest BCUT2D eigenvalue weighted by Gasteiger charge is -2.20. The number of halogens is 1. The predicted octanol–water partition coefficient (Wildman–Crippen LogP) is 5.60. The van der Waals surface area contributed by atoms with E-state index in [0.717, 1.165) is 34.3 Å². The molecule has 1 N–H and O–H groups in total. The molecule has 1 heterocycles. The summed E-state index contributed by atoms with van der Waals surface area (Å²) in [5.41, 5.74) is 5.67. The van der Waals surface area contributed by atoms with E-state index in [4.69, 9.17) is 4.74 Å². The number of amides is 1. The fraction of sp³-hybridized carbons (Fsp3) is 0.240. The average molecular weight is 508 g/mol. The molecule has 0 unspecified atom stereocenters. The van der Waals surface area contributed by atoms with Crippen molar-refractivity contribution >= 4 is 44.2 Å². The second-order valence-electron chi connectivity index (χ2n) is 7.64. The first-order valence-corrected chi connectivity index (χ1v) is 11.6. The van der Waals surface area contributed by atoms with Gasteiger partial charge in [-0.1, -0.05) is 0 Å². The van der Waals surface area contributed by atoms with Gasteiger partial charge in [0.1, 0.15) is 16.8 Å². The van der Waals surface area contributed by atoms with Crippen molar-refractivity contribution in [3.8, 4) is 11.4 Å². The topological polar surface area (TPSA) is 72.3 Å². The van der Waals surface area contributed by atoms with Crippen LogP contribution in [0, 0.1) is 6.92 Å². The number of aryl methyl sites for hydroxylation is 1. The van der Waals surface area contributed by atoms with Gasteiger partial charge in [-0.2, -0.15) is 4.80 Å². The summed E-state index contributed by atoms with van der Waals surface area (Å²) in [6, 6.07) is 17.2. The number of carbonyl (C=O) groups is 1. The molecule has 0 atom stereocenters. The van der Waals surface area contributed by atoms with Gasteiger partial charge >= 0.3 is 0 Å². The molecular formula is C25H26BrN5O2. The van der Waals surface area contributed by atoms with Crippen molar-refractivity contribution in [2.24, 2.45) is 0 Å². The minimum Gasteiger partial charge on any atom is -0.496 e. The molecule has 0 fully saturated rings. The number of rotatable bonds is 7. The van der Waals surface area contributed by atoms with Crippen LogP contribution in [0.2, 0.25) is 0 Å². The monoisotopic (exact) mass is 507 g/mol. The third-order valence-corrected chi connectivity index (χ3v) is 6.22. The number of aromatic nitrogens is 3. The first-order valence-electron chi connectivity index (χ1n) is 10.8. The molecule has 0 radical (unpaired) electrons. The number of nitrogens with one attached hydrogen (secondary N) is 1. The number of ether oxygens (including phenoxy) is 1. The Morgan fingerprint density at radius 1 is 1.03 bits per heavy atom. The van der Waals surface area contributed by atoms with E-state index in [1.165, 1.54) is 5.69 Å². The zero-order valence-corrected chi connectivity index (χ0v) is 20.7. The molecule has 0 saturated heterocycles. The van der Waals surface area contributed by atoms with E-state index in [2.05, 4.69) is 62.3 Å². The lowest BCUT2D eigenvalue weighted by molar-refractivity contribution is 0.102. The van der Waals surface area contributed by atoms with E-state index >= 15 is 0 Å². The molecule has 33 heavy (non-hydrogen) atoms. The van der Waals surface area contributed by atoms with Crippen molar-refractivity contribution in [1.82, 2.24) is 15.0 Å². The van der Waals surface area contributed by atoms with Crippen LogP contribution >= 0.6 is 15.9 Å². The number of hydrogen-bond acceptors (Lipinski definition) is 5. The van der Waals surface area contributed by atoms with Crippen molar-refractivity contribution in [3.63, 3.8) is 0 Å². The predicted molar refractivity (Wildman–Crippen MR) is 136 cm³/mol. The minimum atomic E-state index is -0.208. The highest BCUT2D eigenvalue weighted by Crippen LogP contribution is 2.27. The van der Waals surface area contributed by atoms with Crippen LogP contribution in [0.4, 0.5) is 11.4 Å². The van der Waals surface area contributed by atoms with Gasteiger partial charge in [0.2, 0.25) is 0 Å². The summed E-state index contributed by atoms with van der Waals surface area (Å²) in [6.07, 6.45) is 0. The fourth-order valence-corrected chi connectivity index (χ4v) is 4.25. The number of benzene rings is 3. The molecule has 170 valence electrons. The van der Waals surface area contributed by atoms with Gasteiger partial charge < -0.3 is 15.0 Å². The molecule has 7 nitrogen and oxygen atoms in total. The van der Waals surface area contributed by atoms with Crippen LogP contribution < -0.4 is 15.0 Å². The summed E-state index contributed by atoms with van der Waals surface area (Å²) >= 11 is 3.42. The molecule has 0 aliphatic rings. The van der Waals surface area contributed by atoms with Crippen molar-refractivity contribution in [3.05, 3.63) is 70.2 Å². The van der Waals surface area contributed by atoms with E-state index in [1.807, 2.05) is 31.2 Å². The number of hydrogen-bond donors (Lipinski definition) is 1. The Morgan fingerprint density at radius 3 is 2.30 bits per heavy atom. The minimum absolute atomic E-state index is 0.208. The molecule has 0 saturated carbocycles. The maximum Gasteiger partial charge on any atom is 0.255 e. The summed E-state index contributed by atoms with van der Waals surface area (Å²) in [7, 11) is 1.59. The Balaban J connectivity index is 1.59. The second-order valence-corrected chi connectivity index (χ2v) is 8.49. The first-order chi connectivity index (χ1) is 15.9. The highest BCUT2D eigenvalue weighted by atomic mass is 79.9. The molecule has 8 heteroatoms.